The lowest BCUT2D eigenvalue weighted by atomic mass is 9.98. The molecule has 0 spiro atoms. The molecule has 0 aromatic heterocycles. The normalized spacial score (nSPS) is 17.2. The molecule has 0 aliphatic heterocycles. The van der Waals surface area contributed by atoms with E-state index in [2.05, 4.69) is 52.0 Å². The Bertz CT molecular complexity index is 717. The number of aromatic hydroxyl groups is 1. The van der Waals surface area contributed by atoms with Crippen LogP contribution in [0, 0.1) is 0 Å². The van der Waals surface area contributed by atoms with Crippen LogP contribution >= 0.6 is 0 Å². The fourth-order valence-corrected chi connectivity index (χ4v) is 3.84. The second-order valence-corrected chi connectivity index (χ2v) is 8.86. The van der Waals surface area contributed by atoms with Crippen LogP contribution in [0.15, 0.2) is 48.5 Å². The fraction of sp³-hybridized carbons (Fsp3) is 0.571. The topological polar surface area (TPSA) is 38.7 Å². The molecule has 2 aromatic carbocycles. The molecule has 3 unspecified atom stereocenters. The number of ether oxygens (including phenoxy) is 2. The van der Waals surface area contributed by atoms with Crippen molar-refractivity contribution in [1.29, 1.82) is 0 Å². The Labute approximate surface area is 189 Å². The zero-order valence-electron chi connectivity index (χ0n) is 20.1. The minimum atomic E-state index is -0.160. The molecule has 0 amide bonds. The Kier molecular flexibility index (Phi) is 10.9. The van der Waals surface area contributed by atoms with Crippen molar-refractivity contribution in [3.05, 3.63) is 59.7 Å². The third-order valence-corrected chi connectivity index (χ3v) is 6.37. The average molecular weight is 427 g/mol. The van der Waals surface area contributed by atoms with E-state index in [1.807, 2.05) is 19.1 Å². The Morgan fingerprint density at radius 2 is 1.26 bits per heavy atom. The van der Waals surface area contributed by atoms with Crippen molar-refractivity contribution in [3.63, 3.8) is 0 Å². The second-order valence-electron chi connectivity index (χ2n) is 8.86. The lowest BCUT2D eigenvalue weighted by Gasteiger charge is -2.26. The van der Waals surface area contributed by atoms with Gasteiger partial charge in [0.05, 0.1) is 6.10 Å². The number of hydrogen-bond donors (Lipinski definition) is 1. The molecule has 2 aromatic rings. The van der Waals surface area contributed by atoms with Crippen molar-refractivity contribution in [2.24, 2.45) is 0 Å². The Morgan fingerprint density at radius 1 is 0.774 bits per heavy atom. The second kappa shape index (κ2) is 13.4. The molecule has 3 rings (SSSR count). The summed E-state index contributed by atoms with van der Waals surface area (Å²) in [6.07, 6.45) is 8.84. The van der Waals surface area contributed by atoms with Gasteiger partial charge in [0.15, 0.2) is 6.29 Å². The monoisotopic (exact) mass is 426 g/mol. The summed E-state index contributed by atoms with van der Waals surface area (Å²) in [5.74, 6) is 2.45. The smallest absolute Gasteiger partial charge is 0.197 e. The minimum Gasteiger partial charge on any atom is -0.508 e. The summed E-state index contributed by atoms with van der Waals surface area (Å²) in [5, 5.41) is 9.01. The van der Waals surface area contributed by atoms with Crippen LogP contribution in [0.1, 0.15) is 103 Å². The standard InChI is InChI=1S/C18H28O2.C10H14O/c1-4-14(2)16-10-12-18(13-11-16)20-15(3)19-17-8-6-5-7-9-17;1-3-8(2)9-4-6-10(11)7-5-9/h10-15,17H,4-9H2,1-3H3;4-8,11H,3H2,1-2H3. The van der Waals surface area contributed by atoms with Gasteiger partial charge in [0.25, 0.3) is 0 Å². The quantitative estimate of drug-likeness (QED) is 0.432. The summed E-state index contributed by atoms with van der Waals surface area (Å²) in [5.41, 5.74) is 2.67. The van der Waals surface area contributed by atoms with Crippen LogP contribution in [0.3, 0.4) is 0 Å². The first-order valence-corrected chi connectivity index (χ1v) is 12.1. The van der Waals surface area contributed by atoms with Crippen molar-refractivity contribution in [2.75, 3.05) is 0 Å². The first-order chi connectivity index (χ1) is 14.9. The summed E-state index contributed by atoms with van der Waals surface area (Å²) >= 11 is 0. The molecule has 3 heteroatoms. The maximum absolute atomic E-state index is 9.01. The van der Waals surface area contributed by atoms with Crippen LogP contribution < -0.4 is 4.74 Å². The van der Waals surface area contributed by atoms with E-state index in [0.29, 0.717) is 23.7 Å². The van der Waals surface area contributed by atoms with Gasteiger partial charge in [0.1, 0.15) is 11.5 Å². The van der Waals surface area contributed by atoms with Crippen LogP contribution in [0.2, 0.25) is 0 Å². The number of hydrogen-bond acceptors (Lipinski definition) is 3. The Balaban J connectivity index is 0.000000262. The molecule has 3 atom stereocenters. The molecule has 1 aliphatic rings. The molecule has 1 saturated carbocycles. The lowest BCUT2D eigenvalue weighted by molar-refractivity contribution is -0.116. The van der Waals surface area contributed by atoms with Crippen molar-refractivity contribution in [3.8, 4) is 11.5 Å². The number of phenols is 1. The molecule has 3 nitrogen and oxygen atoms in total. The highest BCUT2D eigenvalue weighted by atomic mass is 16.7. The summed E-state index contributed by atoms with van der Waals surface area (Å²) in [6.45, 7) is 10.8. The Hall–Kier alpha value is -2.00. The van der Waals surface area contributed by atoms with Gasteiger partial charge in [-0.25, -0.2) is 0 Å². The highest BCUT2D eigenvalue weighted by Crippen LogP contribution is 2.25. The van der Waals surface area contributed by atoms with Gasteiger partial charge in [-0.15, -0.1) is 0 Å². The molecule has 0 radical (unpaired) electrons. The van der Waals surface area contributed by atoms with E-state index in [0.717, 1.165) is 12.2 Å². The van der Waals surface area contributed by atoms with Crippen LogP contribution in [-0.2, 0) is 4.74 Å². The number of phenolic OH excluding ortho intramolecular Hbond substituents is 1. The van der Waals surface area contributed by atoms with E-state index in [1.165, 1.54) is 49.7 Å². The van der Waals surface area contributed by atoms with Crippen molar-refractivity contribution >= 4 is 0 Å². The van der Waals surface area contributed by atoms with Crippen LogP contribution in [0.5, 0.6) is 11.5 Å². The molecular formula is C28H42O3. The lowest BCUT2D eigenvalue weighted by Crippen LogP contribution is -2.26. The van der Waals surface area contributed by atoms with E-state index in [4.69, 9.17) is 14.6 Å². The van der Waals surface area contributed by atoms with Crippen LogP contribution in [0.4, 0.5) is 0 Å². The van der Waals surface area contributed by atoms with E-state index in [9.17, 15) is 0 Å². The van der Waals surface area contributed by atoms with Crippen molar-refractivity contribution in [2.45, 2.75) is 104 Å². The molecule has 172 valence electrons. The minimum absolute atomic E-state index is 0.160. The van der Waals surface area contributed by atoms with Gasteiger partial charge in [-0.3, -0.25) is 0 Å². The van der Waals surface area contributed by atoms with Crippen molar-refractivity contribution in [1.82, 2.24) is 0 Å². The third-order valence-electron chi connectivity index (χ3n) is 6.37. The van der Waals surface area contributed by atoms with Gasteiger partial charge in [-0.1, -0.05) is 71.2 Å². The fourth-order valence-electron chi connectivity index (χ4n) is 3.84. The zero-order valence-corrected chi connectivity index (χ0v) is 20.1. The summed E-state index contributed by atoms with van der Waals surface area (Å²) in [7, 11) is 0. The van der Waals surface area contributed by atoms with Gasteiger partial charge in [-0.2, -0.15) is 0 Å². The van der Waals surface area contributed by atoms with E-state index in [1.54, 1.807) is 12.1 Å². The first kappa shape index (κ1) is 25.3. The SMILES string of the molecule is CCC(C)c1ccc(O)cc1.CCC(C)c1ccc(OC(C)OC2CCCCC2)cc1. The zero-order chi connectivity index (χ0) is 22.6. The first-order valence-electron chi connectivity index (χ1n) is 12.1. The van der Waals surface area contributed by atoms with E-state index >= 15 is 0 Å². The number of benzene rings is 2. The molecule has 31 heavy (non-hydrogen) atoms. The number of rotatable bonds is 8. The molecule has 1 fully saturated rings. The average Bonchev–Trinajstić information content (AvgIpc) is 2.80. The highest BCUT2D eigenvalue weighted by Gasteiger charge is 2.17. The molecule has 0 saturated heterocycles. The molecule has 1 aliphatic carbocycles. The summed E-state index contributed by atoms with van der Waals surface area (Å²) in [4.78, 5) is 0. The van der Waals surface area contributed by atoms with Crippen LogP contribution in [0.25, 0.3) is 0 Å². The summed E-state index contributed by atoms with van der Waals surface area (Å²) < 4.78 is 11.8. The van der Waals surface area contributed by atoms with Gasteiger partial charge in [-0.05, 0) is 79.8 Å². The van der Waals surface area contributed by atoms with E-state index in [-0.39, 0.29) is 6.29 Å². The molecule has 0 bridgehead atoms. The predicted octanol–water partition coefficient (Wildman–Crippen LogP) is 8.18. The van der Waals surface area contributed by atoms with Gasteiger partial charge in [0, 0.05) is 0 Å². The van der Waals surface area contributed by atoms with Gasteiger partial charge in [0.2, 0.25) is 0 Å². The third kappa shape index (κ3) is 8.95. The maximum Gasteiger partial charge on any atom is 0.197 e. The van der Waals surface area contributed by atoms with Gasteiger partial charge >= 0.3 is 0 Å². The molecule has 1 N–H and O–H groups in total. The molecule has 0 heterocycles. The Morgan fingerprint density at radius 3 is 1.74 bits per heavy atom. The molecular weight excluding hydrogens is 384 g/mol. The summed E-state index contributed by atoms with van der Waals surface area (Å²) in [6, 6.07) is 15.9. The van der Waals surface area contributed by atoms with E-state index < -0.39 is 0 Å². The van der Waals surface area contributed by atoms with Crippen LogP contribution in [-0.4, -0.2) is 17.5 Å². The largest absolute Gasteiger partial charge is 0.508 e. The highest BCUT2D eigenvalue weighted by molar-refractivity contribution is 5.29. The van der Waals surface area contributed by atoms with Crippen molar-refractivity contribution < 1.29 is 14.6 Å². The maximum atomic E-state index is 9.01. The van der Waals surface area contributed by atoms with Gasteiger partial charge < -0.3 is 14.6 Å². The predicted molar refractivity (Wildman–Crippen MR) is 130 cm³/mol.